The summed E-state index contributed by atoms with van der Waals surface area (Å²) < 4.78 is 7.21. The fourth-order valence-corrected chi connectivity index (χ4v) is 9.21. The third-order valence-electron chi connectivity index (χ3n) is 12.1. The summed E-state index contributed by atoms with van der Waals surface area (Å²) in [5.41, 5.74) is 18.2. The van der Waals surface area contributed by atoms with E-state index in [0.29, 0.717) is 0 Å². The van der Waals surface area contributed by atoms with Gasteiger partial charge in [-0.25, -0.2) is 0 Å². The Kier molecular flexibility index (Phi) is 6.77. The maximum absolute atomic E-state index is 7.21. The van der Waals surface area contributed by atoms with Gasteiger partial charge in [0, 0.05) is 38.4 Å². The predicted molar refractivity (Wildman–Crippen MR) is 221 cm³/mol. The van der Waals surface area contributed by atoms with E-state index in [2.05, 4.69) is 189 Å². The molecule has 0 bridgehead atoms. The van der Waals surface area contributed by atoms with Crippen LogP contribution < -0.4 is 4.90 Å². The molecule has 0 aliphatic heterocycles. The van der Waals surface area contributed by atoms with Gasteiger partial charge >= 0.3 is 0 Å². The number of para-hydroxylation sites is 1. The molecule has 0 spiro atoms. The van der Waals surface area contributed by atoms with Gasteiger partial charge < -0.3 is 9.32 Å². The van der Waals surface area contributed by atoms with Gasteiger partial charge in [-0.3, -0.25) is 0 Å². The zero-order chi connectivity index (χ0) is 36.5. The summed E-state index contributed by atoms with van der Waals surface area (Å²) in [6, 6.07) is 43.3. The number of hydrogen-bond acceptors (Lipinski definition) is 2. The fraction of sp³-hybridized carbons (Fsp3) is 0.280. The van der Waals surface area contributed by atoms with E-state index in [0.717, 1.165) is 27.9 Å². The summed E-state index contributed by atoms with van der Waals surface area (Å²) in [5.74, 6) is 0. The molecule has 0 unspecified atom stereocenters. The zero-order valence-electron chi connectivity index (χ0n) is 32.3. The lowest BCUT2D eigenvalue weighted by molar-refractivity contribution is 0.559. The second-order valence-corrected chi connectivity index (χ2v) is 18.3. The number of rotatable bonds is 3. The molecule has 0 atom stereocenters. The number of nitrogens with zero attached hydrogens (tertiary/aromatic N) is 1. The first-order valence-corrected chi connectivity index (χ1v) is 18.9. The minimum absolute atomic E-state index is 0.00101. The summed E-state index contributed by atoms with van der Waals surface area (Å²) in [4.78, 5) is 2.49. The van der Waals surface area contributed by atoms with E-state index in [1.165, 1.54) is 66.7 Å². The van der Waals surface area contributed by atoms with Crippen molar-refractivity contribution in [1.29, 1.82) is 0 Å². The Balaban J connectivity index is 1.37. The van der Waals surface area contributed by atoms with Crippen molar-refractivity contribution < 1.29 is 4.42 Å². The highest BCUT2D eigenvalue weighted by Gasteiger charge is 2.40. The van der Waals surface area contributed by atoms with E-state index in [-0.39, 0.29) is 21.7 Å². The maximum atomic E-state index is 7.21. The summed E-state index contributed by atoms with van der Waals surface area (Å²) in [5, 5.41) is 2.33. The molecule has 0 fully saturated rings. The summed E-state index contributed by atoms with van der Waals surface area (Å²) >= 11 is 0. The van der Waals surface area contributed by atoms with Crippen LogP contribution in [0.1, 0.15) is 103 Å². The SMILES string of the molecule is CC(C)(C)c1cc(C(C)(C)C)c2oc3c(N(c4ccc5c(c4)C(C)(C)c4ccccc4-5)c4cccc5c4-c4ccccc4C5(C)C)cccc3c2c1. The van der Waals surface area contributed by atoms with Crippen LogP contribution in [-0.4, -0.2) is 0 Å². The Morgan fingerprint density at radius 3 is 1.79 bits per heavy atom. The Morgan fingerprint density at radius 2 is 1.08 bits per heavy atom. The van der Waals surface area contributed by atoms with E-state index in [1.807, 2.05) is 0 Å². The Hall–Kier alpha value is -5.08. The van der Waals surface area contributed by atoms with Gasteiger partial charge in [-0.15, -0.1) is 0 Å². The number of anilines is 3. The molecule has 1 heterocycles. The first kappa shape index (κ1) is 32.8. The minimum Gasteiger partial charge on any atom is -0.454 e. The monoisotopic (exact) mass is 679 g/mol. The first-order valence-electron chi connectivity index (χ1n) is 18.9. The van der Waals surface area contributed by atoms with Crippen LogP contribution in [0.15, 0.2) is 120 Å². The van der Waals surface area contributed by atoms with Crippen molar-refractivity contribution >= 4 is 39.0 Å². The second kappa shape index (κ2) is 10.7. The lowest BCUT2D eigenvalue weighted by Crippen LogP contribution is -2.17. The van der Waals surface area contributed by atoms with E-state index >= 15 is 0 Å². The number of fused-ring (bicyclic) bond motifs is 9. The molecule has 0 radical (unpaired) electrons. The smallest absolute Gasteiger partial charge is 0.159 e. The molecule has 2 aliphatic carbocycles. The van der Waals surface area contributed by atoms with E-state index in [9.17, 15) is 0 Å². The van der Waals surface area contributed by atoms with Gasteiger partial charge in [-0.2, -0.15) is 0 Å². The van der Waals surface area contributed by atoms with Crippen LogP contribution >= 0.6 is 0 Å². The predicted octanol–water partition coefficient (Wildman–Crippen LogP) is 14.3. The molecule has 6 aromatic carbocycles. The maximum Gasteiger partial charge on any atom is 0.159 e. The topological polar surface area (TPSA) is 16.4 Å². The normalized spacial score (nSPS) is 15.4. The molecular weight excluding hydrogens is 631 g/mol. The van der Waals surface area contributed by atoms with E-state index in [1.54, 1.807) is 0 Å². The molecule has 0 amide bonds. The van der Waals surface area contributed by atoms with Gasteiger partial charge in [0.1, 0.15) is 5.58 Å². The third-order valence-corrected chi connectivity index (χ3v) is 12.1. The van der Waals surface area contributed by atoms with E-state index in [4.69, 9.17) is 4.42 Å². The second-order valence-electron chi connectivity index (χ2n) is 18.3. The molecule has 1 aromatic heterocycles. The average Bonchev–Trinajstić information content (AvgIpc) is 3.68. The van der Waals surface area contributed by atoms with Crippen LogP contribution in [0.2, 0.25) is 0 Å². The highest BCUT2D eigenvalue weighted by molar-refractivity contribution is 6.12. The van der Waals surface area contributed by atoms with Crippen molar-refractivity contribution in [1.82, 2.24) is 0 Å². The third kappa shape index (κ3) is 4.56. The summed E-state index contributed by atoms with van der Waals surface area (Å²) in [6.07, 6.45) is 0. The standard InChI is InChI=1S/C50H49NO/c1-47(2,3)30-27-36-34-19-15-24-43(46(34)52-45(36)41(28-30)48(4,5)6)51(31-25-26-33-32-17-11-13-20-37(32)50(9,10)40(33)29-31)42-23-16-22-39-44(42)35-18-12-14-21-38(35)49(39,7)8/h11-29H,1-10H3. The molecular formula is C50H49NO. The lowest BCUT2D eigenvalue weighted by atomic mass is 9.79. The van der Waals surface area contributed by atoms with E-state index < -0.39 is 0 Å². The molecule has 7 aromatic rings. The van der Waals surface area contributed by atoms with Crippen LogP contribution in [0.25, 0.3) is 44.2 Å². The van der Waals surface area contributed by atoms with Crippen molar-refractivity contribution in [3.05, 3.63) is 149 Å². The van der Waals surface area contributed by atoms with Gasteiger partial charge in [0.15, 0.2) is 5.58 Å². The number of furan rings is 1. The lowest BCUT2D eigenvalue weighted by Gasteiger charge is -2.30. The largest absolute Gasteiger partial charge is 0.454 e. The van der Waals surface area contributed by atoms with Crippen molar-refractivity contribution in [2.75, 3.05) is 4.90 Å². The van der Waals surface area contributed by atoms with Gasteiger partial charge in [0.25, 0.3) is 0 Å². The van der Waals surface area contributed by atoms with Crippen molar-refractivity contribution in [3.8, 4) is 22.3 Å². The molecule has 2 aliphatic rings. The molecule has 0 N–H and O–H groups in total. The van der Waals surface area contributed by atoms with Crippen molar-refractivity contribution in [2.45, 2.75) is 90.9 Å². The molecule has 2 heteroatoms. The molecule has 2 nitrogen and oxygen atoms in total. The zero-order valence-corrected chi connectivity index (χ0v) is 32.3. The first-order chi connectivity index (χ1) is 24.6. The average molecular weight is 680 g/mol. The van der Waals surface area contributed by atoms with Crippen LogP contribution in [0.4, 0.5) is 17.1 Å². The molecule has 260 valence electrons. The molecule has 0 saturated carbocycles. The summed E-state index contributed by atoms with van der Waals surface area (Å²) in [6.45, 7) is 23.3. The Bertz CT molecular complexity index is 2600. The van der Waals surface area contributed by atoms with Crippen molar-refractivity contribution in [2.24, 2.45) is 0 Å². The van der Waals surface area contributed by atoms with Crippen molar-refractivity contribution in [3.63, 3.8) is 0 Å². The van der Waals surface area contributed by atoms with Gasteiger partial charge in [-0.1, -0.05) is 154 Å². The summed E-state index contributed by atoms with van der Waals surface area (Å²) in [7, 11) is 0. The van der Waals surface area contributed by atoms with Crippen LogP contribution in [0, 0.1) is 0 Å². The van der Waals surface area contributed by atoms with Gasteiger partial charge in [-0.05, 0) is 85.7 Å². The van der Waals surface area contributed by atoms with Crippen LogP contribution in [-0.2, 0) is 21.7 Å². The van der Waals surface area contributed by atoms with Crippen LogP contribution in [0.3, 0.4) is 0 Å². The number of benzene rings is 6. The molecule has 9 rings (SSSR count). The van der Waals surface area contributed by atoms with Gasteiger partial charge in [0.05, 0.1) is 11.4 Å². The van der Waals surface area contributed by atoms with Gasteiger partial charge in [0.2, 0.25) is 0 Å². The highest BCUT2D eigenvalue weighted by Crippen LogP contribution is 2.56. The minimum atomic E-state index is -0.128. The quantitative estimate of drug-likeness (QED) is 0.185. The van der Waals surface area contributed by atoms with Crippen LogP contribution in [0.5, 0.6) is 0 Å². The Labute approximate surface area is 309 Å². The number of hydrogen-bond donors (Lipinski definition) is 0. The fourth-order valence-electron chi connectivity index (χ4n) is 9.21. The Morgan fingerprint density at radius 1 is 0.481 bits per heavy atom. The highest BCUT2D eigenvalue weighted by atomic mass is 16.3. The molecule has 0 saturated heterocycles. The molecule has 52 heavy (non-hydrogen) atoms.